The van der Waals surface area contributed by atoms with Crippen LogP contribution in [0.25, 0.3) is 0 Å². The predicted octanol–water partition coefficient (Wildman–Crippen LogP) is 5.66. The lowest BCUT2D eigenvalue weighted by molar-refractivity contribution is -0.137. The molecule has 1 amide bonds. The predicted molar refractivity (Wildman–Crippen MR) is 115 cm³/mol. The summed E-state index contributed by atoms with van der Waals surface area (Å²) in [6, 6.07) is 13.6. The summed E-state index contributed by atoms with van der Waals surface area (Å²) >= 11 is 1.42. The highest BCUT2D eigenvalue weighted by molar-refractivity contribution is 7.10. The highest BCUT2D eigenvalue weighted by Gasteiger charge is 2.30. The van der Waals surface area contributed by atoms with E-state index < -0.39 is 17.8 Å². The van der Waals surface area contributed by atoms with Crippen LogP contribution in [0.2, 0.25) is 0 Å². The van der Waals surface area contributed by atoms with E-state index >= 15 is 0 Å². The first-order valence-electron chi connectivity index (χ1n) is 9.50. The van der Waals surface area contributed by atoms with Crippen molar-refractivity contribution in [2.24, 2.45) is 5.73 Å². The molecule has 3 nitrogen and oxygen atoms in total. The number of hydrogen-bond acceptors (Lipinski definition) is 3. The van der Waals surface area contributed by atoms with Crippen LogP contribution in [0, 0.1) is 13.8 Å². The zero-order valence-corrected chi connectivity index (χ0v) is 17.6. The van der Waals surface area contributed by atoms with E-state index in [0.29, 0.717) is 18.5 Å². The van der Waals surface area contributed by atoms with Crippen LogP contribution in [0.1, 0.15) is 33.2 Å². The number of alkyl halides is 3. The molecule has 0 bridgehead atoms. The minimum atomic E-state index is -4.37. The summed E-state index contributed by atoms with van der Waals surface area (Å²) in [5.41, 5.74) is 9.13. The second-order valence-electron chi connectivity index (χ2n) is 7.20. The number of aryl methyl sites for hydroxylation is 2. The lowest BCUT2D eigenvalue weighted by atomic mass is 10.1. The second-order valence-corrected chi connectivity index (χ2v) is 8.18. The molecular weight excluding hydrogens is 409 g/mol. The summed E-state index contributed by atoms with van der Waals surface area (Å²) in [6.07, 6.45) is -3.96. The van der Waals surface area contributed by atoms with Gasteiger partial charge in [-0.1, -0.05) is 24.3 Å². The number of anilines is 1. The van der Waals surface area contributed by atoms with Gasteiger partial charge in [-0.25, -0.2) is 0 Å². The summed E-state index contributed by atoms with van der Waals surface area (Å²) in [4.78, 5) is 15.6. The normalized spacial score (nSPS) is 12.6. The summed E-state index contributed by atoms with van der Waals surface area (Å²) in [6.45, 7) is 4.27. The molecule has 3 aromatic rings. The third-order valence-corrected chi connectivity index (χ3v) is 6.04. The Bertz CT molecular complexity index is 998. The van der Waals surface area contributed by atoms with E-state index in [1.165, 1.54) is 23.5 Å². The number of rotatable bonds is 6. The minimum Gasteiger partial charge on any atom is -0.316 e. The summed E-state index contributed by atoms with van der Waals surface area (Å²) in [7, 11) is 0. The van der Waals surface area contributed by atoms with Gasteiger partial charge in [0.2, 0.25) is 5.91 Å². The maximum atomic E-state index is 13.2. The third-order valence-electron chi connectivity index (χ3n) is 5.09. The fourth-order valence-corrected chi connectivity index (χ4v) is 3.84. The summed E-state index contributed by atoms with van der Waals surface area (Å²) in [5.74, 6) is -0.243. The van der Waals surface area contributed by atoms with Crippen LogP contribution >= 0.6 is 11.3 Å². The number of hydrogen-bond donors (Lipinski definition) is 1. The second kappa shape index (κ2) is 9.02. The Morgan fingerprint density at radius 2 is 1.77 bits per heavy atom. The van der Waals surface area contributed by atoms with Crippen molar-refractivity contribution < 1.29 is 18.0 Å². The van der Waals surface area contributed by atoms with Crippen LogP contribution in [0.4, 0.5) is 18.9 Å². The van der Waals surface area contributed by atoms with Crippen molar-refractivity contribution >= 4 is 22.9 Å². The SMILES string of the molecule is Cc1ccc(N(CCc2ccc(C(F)(F)F)cc2)C(=O)[C@@H](N)c2cccs2)cc1C. The Morgan fingerprint density at radius 3 is 2.33 bits per heavy atom. The Kier molecular flexibility index (Phi) is 6.63. The third kappa shape index (κ3) is 5.09. The lowest BCUT2D eigenvalue weighted by Crippen LogP contribution is -2.39. The molecule has 2 aromatic carbocycles. The number of nitrogens with two attached hydrogens (primary N) is 1. The van der Waals surface area contributed by atoms with E-state index in [1.807, 2.05) is 49.6 Å². The standard InChI is InChI=1S/C23H23F3N2OS/c1-15-5-10-19(14-16(15)2)28(22(29)21(27)20-4-3-13-30-20)12-11-17-6-8-18(9-7-17)23(24,25)26/h3-10,13-14,21H,11-12,27H2,1-2H3/t21-/m0/s1. The van der Waals surface area contributed by atoms with E-state index in [-0.39, 0.29) is 5.91 Å². The van der Waals surface area contributed by atoms with Crippen LogP contribution < -0.4 is 10.6 Å². The van der Waals surface area contributed by atoms with Gasteiger partial charge in [-0.15, -0.1) is 11.3 Å². The molecule has 0 saturated heterocycles. The van der Waals surface area contributed by atoms with Gasteiger partial charge in [0.05, 0.1) is 5.56 Å². The molecule has 3 rings (SSSR count). The Labute approximate surface area is 177 Å². The fourth-order valence-electron chi connectivity index (χ4n) is 3.12. The first kappa shape index (κ1) is 22.1. The molecule has 0 aliphatic heterocycles. The number of nitrogens with zero attached hydrogens (tertiary/aromatic N) is 1. The van der Waals surface area contributed by atoms with Gasteiger partial charge in [-0.2, -0.15) is 13.2 Å². The van der Waals surface area contributed by atoms with Crippen molar-refractivity contribution in [3.63, 3.8) is 0 Å². The molecule has 0 aliphatic carbocycles. The van der Waals surface area contributed by atoms with Gasteiger partial charge in [0.1, 0.15) is 6.04 Å². The van der Waals surface area contributed by atoms with Crippen molar-refractivity contribution in [1.29, 1.82) is 0 Å². The molecule has 158 valence electrons. The average molecular weight is 433 g/mol. The molecular formula is C23H23F3N2OS. The molecule has 0 aliphatic rings. The lowest BCUT2D eigenvalue weighted by Gasteiger charge is -2.26. The number of benzene rings is 2. The topological polar surface area (TPSA) is 46.3 Å². The van der Waals surface area contributed by atoms with E-state index in [9.17, 15) is 18.0 Å². The first-order chi connectivity index (χ1) is 14.2. The van der Waals surface area contributed by atoms with E-state index in [4.69, 9.17) is 5.73 Å². The zero-order valence-electron chi connectivity index (χ0n) is 16.7. The van der Waals surface area contributed by atoms with Gasteiger partial charge in [-0.05, 0) is 72.7 Å². The zero-order chi connectivity index (χ0) is 21.9. The Hall–Kier alpha value is -2.64. The van der Waals surface area contributed by atoms with Gasteiger partial charge in [0.15, 0.2) is 0 Å². The highest BCUT2D eigenvalue weighted by Crippen LogP contribution is 2.29. The first-order valence-corrected chi connectivity index (χ1v) is 10.4. The summed E-state index contributed by atoms with van der Waals surface area (Å²) in [5, 5.41) is 1.87. The highest BCUT2D eigenvalue weighted by atomic mass is 32.1. The quantitative estimate of drug-likeness (QED) is 0.546. The van der Waals surface area contributed by atoms with Gasteiger partial charge >= 0.3 is 6.18 Å². The minimum absolute atomic E-state index is 0.243. The van der Waals surface area contributed by atoms with E-state index in [1.54, 1.807) is 4.90 Å². The van der Waals surface area contributed by atoms with Crippen molar-refractivity contribution in [2.45, 2.75) is 32.5 Å². The maximum absolute atomic E-state index is 13.2. The van der Waals surface area contributed by atoms with Crippen LogP contribution in [0.5, 0.6) is 0 Å². The molecule has 0 saturated carbocycles. The van der Waals surface area contributed by atoms with Gasteiger partial charge in [0.25, 0.3) is 0 Å². The number of carbonyl (C=O) groups excluding carboxylic acids is 1. The van der Waals surface area contributed by atoms with E-state index in [2.05, 4.69) is 0 Å². The number of carbonyl (C=O) groups is 1. The largest absolute Gasteiger partial charge is 0.416 e. The van der Waals surface area contributed by atoms with E-state index in [0.717, 1.165) is 33.8 Å². The summed E-state index contributed by atoms with van der Waals surface area (Å²) < 4.78 is 38.4. The van der Waals surface area contributed by atoms with Crippen LogP contribution in [0.15, 0.2) is 60.0 Å². The monoisotopic (exact) mass is 432 g/mol. The molecule has 0 radical (unpaired) electrons. The molecule has 30 heavy (non-hydrogen) atoms. The maximum Gasteiger partial charge on any atom is 0.416 e. The van der Waals surface area contributed by atoms with Gasteiger partial charge in [-0.3, -0.25) is 4.79 Å². The van der Waals surface area contributed by atoms with Crippen LogP contribution in [-0.2, 0) is 17.4 Å². The molecule has 7 heteroatoms. The van der Waals surface area contributed by atoms with Crippen molar-refractivity contribution in [1.82, 2.24) is 0 Å². The molecule has 0 fully saturated rings. The van der Waals surface area contributed by atoms with Gasteiger partial charge in [0, 0.05) is 17.1 Å². The average Bonchev–Trinajstić information content (AvgIpc) is 3.24. The van der Waals surface area contributed by atoms with Gasteiger partial charge < -0.3 is 10.6 Å². The molecule has 1 aromatic heterocycles. The van der Waals surface area contributed by atoms with Crippen LogP contribution in [0.3, 0.4) is 0 Å². The number of amides is 1. The number of halogens is 3. The Morgan fingerprint density at radius 1 is 1.07 bits per heavy atom. The smallest absolute Gasteiger partial charge is 0.316 e. The molecule has 0 unspecified atom stereocenters. The van der Waals surface area contributed by atoms with Crippen molar-refractivity contribution in [3.05, 3.63) is 87.1 Å². The fraction of sp³-hybridized carbons (Fsp3) is 0.261. The number of thiophene rings is 1. The molecule has 1 heterocycles. The van der Waals surface area contributed by atoms with Crippen LogP contribution in [-0.4, -0.2) is 12.5 Å². The van der Waals surface area contributed by atoms with Crippen molar-refractivity contribution in [3.8, 4) is 0 Å². The Balaban J connectivity index is 1.84. The molecule has 2 N–H and O–H groups in total. The molecule has 1 atom stereocenters. The molecule has 0 spiro atoms. The van der Waals surface area contributed by atoms with Crippen molar-refractivity contribution in [2.75, 3.05) is 11.4 Å².